The van der Waals surface area contributed by atoms with E-state index >= 15 is 0 Å². The van der Waals surface area contributed by atoms with Crippen LogP contribution in [-0.2, 0) is 10.8 Å². The summed E-state index contributed by atoms with van der Waals surface area (Å²) in [4.78, 5) is 9.65. The zero-order valence-corrected chi connectivity index (χ0v) is 34.2. The quantitative estimate of drug-likeness (QED) is 0.162. The maximum atomic E-state index is 4.83. The molecular formula is C57H46N2. The van der Waals surface area contributed by atoms with Gasteiger partial charge < -0.3 is 0 Å². The van der Waals surface area contributed by atoms with Crippen molar-refractivity contribution >= 4 is 21.5 Å². The summed E-state index contributed by atoms with van der Waals surface area (Å²) in [6.07, 6.45) is 7.04. The summed E-state index contributed by atoms with van der Waals surface area (Å²) in [5.74, 6) is 0. The Morgan fingerprint density at radius 2 is 0.780 bits per heavy atom. The summed E-state index contributed by atoms with van der Waals surface area (Å²) in [5, 5.41) is 4.96. The molecule has 2 nitrogen and oxygen atoms in total. The van der Waals surface area contributed by atoms with E-state index in [9.17, 15) is 0 Å². The van der Waals surface area contributed by atoms with Gasteiger partial charge in [0, 0.05) is 34.4 Å². The van der Waals surface area contributed by atoms with Crippen LogP contribution < -0.4 is 0 Å². The molecule has 59 heavy (non-hydrogen) atoms. The van der Waals surface area contributed by atoms with Gasteiger partial charge in [-0.25, -0.2) is 0 Å². The minimum atomic E-state index is -0.107. The van der Waals surface area contributed by atoms with Crippen molar-refractivity contribution in [2.45, 2.75) is 57.8 Å². The molecule has 0 amide bonds. The molecule has 2 heterocycles. The second-order valence-electron chi connectivity index (χ2n) is 16.9. The van der Waals surface area contributed by atoms with E-state index in [4.69, 9.17) is 9.97 Å². The van der Waals surface area contributed by atoms with Gasteiger partial charge in [-0.3, -0.25) is 9.97 Å². The predicted octanol–water partition coefficient (Wildman–Crippen LogP) is 15.2. The first-order chi connectivity index (χ1) is 28.9. The van der Waals surface area contributed by atoms with Crippen molar-refractivity contribution in [1.29, 1.82) is 0 Å². The number of hydrogen-bond donors (Lipinski definition) is 0. The number of rotatable bonds is 7. The Morgan fingerprint density at radius 1 is 0.356 bits per heavy atom. The molecule has 1 unspecified atom stereocenters. The molecule has 0 bridgehead atoms. The molecule has 0 saturated carbocycles. The van der Waals surface area contributed by atoms with E-state index in [0.29, 0.717) is 0 Å². The fraction of sp³-hybridized carbons (Fsp3) is 0.158. The van der Waals surface area contributed by atoms with Gasteiger partial charge in [0.15, 0.2) is 0 Å². The van der Waals surface area contributed by atoms with Crippen LogP contribution in [0.2, 0.25) is 0 Å². The molecule has 284 valence electrons. The SMILES string of the molecule is CCC1(C)c2cc(-c3ccnc(-c4ccc5ccccc5c4)c3)ccc2-c2cc3c(cc21)-c1ccc(-c2ccnc(-c4ccc5ccccc5c4)c2)cc1C3(CC)CC. The fourth-order valence-corrected chi connectivity index (χ4v) is 10.6. The number of pyridine rings is 2. The lowest BCUT2D eigenvalue weighted by Crippen LogP contribution is -2.23. The van der Waals surface area contributed by atoms with Crippen molar-refractivity contribution in [3.05, 3.63) is 192 Å². The topological polar surface area (TPSA) is 25.8 Å². The summed E-state index contributed by atoms with van der Waals surface area (Å²) in [6.45, 7) is 9.57. The smallest absolute Gasteiger partial charge is 0.0708 e. The standard InChI is InChI=1S/C57H46N2/c1-5-56(4)50-30-40(42-24-26-58-54(32-42)44-18-16-36-12-8-10-14-38(36)28-44)20-22-46(50)48-35-53-49(34-51(48)56)47-23-21-41(31-52(47)57(53,6-2)7-3)43-25-27-59-55(33-43)45-19-17-37-13-9-11-15-39(37)29-45/h8-35H,5-7H2,1-4H3. The van der Waals surface area contributed by atoms with E-state index in [2.05, 4.69) is 185 Å². The molecule has 0 spiro atoms. The van der Waals surface area contributed by atoms with Crippen molar-refractivity contribution in [2.75, 3.05) is 0 Å². The number of benzene rings is 7. The lowest BCUT2D eigenvalue weighted by atomic mass is 9.72. The van der Waals surface area contributed by atoms with Crippen molar-refractivity contribution in [2.24, 2.45) is 0 Å². The van der Waals surface area contributed by atoms with Crippen LogP contribution in [0.1, 0.15) is 69.2 Å². The third kappa shape index (κ3) is 5.39. The van der Waals surface area contributed by atoms with Crippen molar-refractivity contribution < 1.29 is 0 Å². The zero-order chi connectivity index (χ0) is 39.9. The summed E-state index contributed by atoms with van der Waals surface area (Å²) < 4.78 is 0. The highest BCUT2D eigenvalue weighted by atomic mass is 14.7. The van der Waals surface area contributed by atoms with Crippen LogP contribution in [0.25, 0.3) is 88.6 Å². The lowest BCUT2D eigenvalue weighted by molar-refractivity contribution is 0.490. The van der Waals surface area contributed by atoms with Gasteiger partial charge in [-0.2, -0.15) is 0 Å². The average Bonchev–Trinajstić information content (AvgIpc) is 3.72. The Hall–Kier alpha value is -6.64. The Kier molecular flexibility index (Phi) is 8.10. The normalized spacial score (nSPS) is 15.9. The van der Waals surface area contributed by atoms with Gasteiger partial charge in [0.2, 0.25) is 0 Å². The first kappa shape index (κ1) is 35.5. The molecule has 0 N–H and O–H groups in total. The molecule has 2 aliphatic carbocycles. The summed E-state index contributed by atoms with van der Waals surface area (Å²) >= 11 is 0. The van der Waals surface area contributed by atoms with Crippen molar-refractivity contribution in [1.82, 2.24) is 9.97 Å². The van der Waals surface area contributed by atoms with E-state index in [-0.39, 0.29) is 10.8 Å². The highest BCUT2D eigenvalue weighted by Crippen LogP contribution is 2.59. The van der Waals surface area contributed by atoms with Crippen LogP contribution in [0, 0.1) is 0 Å². The Labute approximate surface area is 347 Å². The molecule has 2 heteroatoms. The fourth-order valence-electron chi connectivity index (χ4n) is 10.6. The second kappa shape index (κ2) is 13.5. The zero-order valence-electron chi connectivity index (χ0n) is 34.2. The Bertz CT molecular complexity index is 3150. The highest BCUT2D eigenvalue weighted by molar-refractivity contribution is 5.93. The first-order valence-electron chi connectivity index (χ1n) is 21.3. The van der Waals surface area contributed by atoms with Crippen LogP contribution in [-0.4, -0.2) is 9.97 Å². The first-order valence-corrected chi connectivity index (χ1v) is 21.3. The average molecular weight is 759 g/mol. The number of nitrogens with zero attached hydrogens (tertiary/aromatic N) is 2. The molecule has 1 atom stereocenters. The van der Waals surface area contributed by atoms with E-state index in [1.54, 1.807) is 0 Å². The molecular weight excluding hydrogens is 713 g/mol. The molecule has 0 radical (unpaired) electrons. The van der Waals surface area contributed by atoms with E-state index in [1.165, 1.54) is 88.3 Å². The van der Waals surface area contributed by atoms with Crippen molar-refractivity contribution in [3.63, 3.8) is 0 Å². The molecule has 2 aliphatic rings. The molecule has 2 aromatic heterocycles. The summed E-state index contributed by atoms with van der Waals surface area (Å²) in [7, 11) is 0. The van der Waals surface area contributed by atoms with Gasteiger partial charge in [-0.15, -0.1) is 0 Å². The lowest BCUT2D eigenvalue weighted by Gasteiger charge is -2.31. The number of fused-ring (bicyclic) bond motifs is 8. The highest BCUT2D eigenvalue weighted by Gasteiger charge is 2.45. The van der Waals surface area contributed by atoms with Crippen LogP contribution in [0.5, 0.6) is 0 Å². The van der Waals surface area contributed by atoms with Gasteiger partial charge in [0.1, 0.15) is 0 Å². The Balaban J connectivity index is 0.976. The second-order valence-corrected chi connectivity index (χ2v) is 16.9. The summed E-state index contributed by atoms with van der Waals surface area (Å²) in [6, 6.07) is 58.8. The largest absolute Gasteiger partial charge is 0.256 e. The molecule has 0 fully saturated rings. The molecule has 7 aromatic carbocycles. The van der Waals surface area contributed by atoms with Gasteiger partial charge >= 0.3 is 0 Å². The van der Waals surface area contributed by atoms with E-state index in [0.717, 1.165) is 41.8 Å². The van der Waals surface area contributed by atoms with E-state index in [1.807, 2.05) is 12.4 Å². The summed E-state index contributed by atoms with van der Waals surface area (Å²) in [5.41, 5.74) is 20.4. The Morgan fingerprint density at radius 3 is 1.32 bits per heavy atom. The monoisotopic (exact) mass is 758 g/mol. The van der Waals surface area contributed by atoms with Crippen LogP contribution in [0.4, 0.5) is 0 Å². The molecule has 0 saturated heterocycles. The van der Waals surface area contributed by atoms with Crippen LogP contribution in [0.15, 0.2) is 170 Å². The van der Waals surface area contributed by atoms with Crippen LogP contribution in [0.3, 0.4) is 0 Å². The number of aromatic nitrogens is 2. The maximum Gasteiger partial charge on any atom is 0.0708 e. The molecule has 0 aliphatic heterocycles. The van der Waals surface area contributed by atoms with Gasteiger partial charge in [0.25, 0.3) is 0 Å². The third-order valence-corrected chi connectivity index (χ3v) is 14.2. The van der Waals surface area contributed by atoms with Gasteiger partial charge in [0.05, 0.1) is 11.4 Å². The maximum absolute atomic E-state index is 4.83. The minimum absolute atomic E-state index is 0.0641. The third-order valence-electron chi connectivity index (χ3n) is 14.2. The minimum Gasteiger partial charge on any atom is -0.256 e. The molecule has 11 rings (SSSR count). The van der Waals surface area contributed by atoms with Crippen LogP contribution >= 0.6 is 0 Å². The van der Waals surface area contributed by atoms with E-state index < -0.39 is 0 Å². The van der Waals surface area contributed by atoms with Crippen molar-refractivity contribution in [3.8, 4) is 67.0 Å². The van der Waals surface area contributed by atoms with Gasteiger partial charge in [-0.05, 0) is 168 Å². The number of hydrogen-bond acceptors (Lipinski definition) is 2. The van der Waals surface area contributed by atoms with Gasteiger partial charge in [-0.1, -0.05) is 125 Å². The predicted molar refractivity (Wildman–Crippen MR) is 248 cm³/mol. The molecule has 9 aromatic rings.